The molecule has 0 aliphatic rings. The zero-order chi connectivity index (χ0) is 11.1. The summed E-state index contributed by atoms with van der Waals surface area (Å²) in [4.78, 5) is 12.4. The van der Waals surface area contributed by atoms with Crippen LogP contribution in [0.5, 0.6) is 0 Å². The summed E-state index contributed by atoms with van der Waals surface area (Å²) in [5.41, 5.74) is 0. The van der Waals surface area contributed by atoms with Gasteiger partial charge in [0.15, 0.2) is 0 Å². The van der Waals surface area contributed by atoms with Gasteiger partial charge in [0.1, 0.15) is 0 Å². The van der Waals surface area contributed by atoms with Crippen molar-refractivity contribution >= 4 is 17.7 Å². The number of hydrogen-bond donors (Lipinski definition) is 0. The fraction of sp³-hybridized carbons (Fsp3) is 0.417. The smallest absolute Gasteiger partial charge is 0.316 e. The second-order valence-electron chi connectivity index (χ2n) is 3.68. The number of carbonyl (C=O) groups excluding carboxylic acids is 1. The summed E-state index contributed by atoms with van der Waals surface area (Å²) in [6.45, 7) is 4.56. The molecule has 1 rings (SSSR count). The van der Waals surface area contributed by atoms with Gasteiger partial charge in [0.05, 0.1) is 12.4 Å². The number of ether oxygens (including phenoxy) is 1. The molecule has 0 heterocycles. The number of thioether (sulfide) groups is 1. The van der Waals surface area contributed by atoms with Crippen LogP contribution in [-0.4, -0.2) is 18.3 Å². The number of hydrogen-bond acceptors (Lipinski definition) is 3. The molecule has 0 spiro atoms. The lowest BCUT2D eigenvalue weighted by Crippen LogP contribution is -2.11. The van der Waals surface area contributed by atoms with Crippen molar-refractivity contribution in [2.75, 3.05) is 12.4 Å². The highest BCUT2D eigenvalue weighted by atomic mass is 32.2. The van der Waals surface area contributed by atoms with Crippen LogP contribution in [0.4, 0.5) is 0 Å². The molecule has 0 fully saturated rings. The van der Waals surface area contributed by atoms with Crippen LogP contribution in [0.2, 0.25) is 0 Å². The van der Waals surface area contributed by atoms with Gasteiger partial charge >= 0.3 is 5.97 Å². The van der Waals surface area contributed by atoms with E-state index in [0.29, 0.717) is 18.3 Å². The van der Waals surface area contributed by atoms with Gasteiger partial charge in [-0.1, -0.05) is 32.0 Å². The quantitative estimate of drug-likeness (QED) is 0.568. The minimum absolute atomic E-state index is 0.141. The summed E-state index contributed by atoms with van der Waals surface area (Å²) in [7, 11) is 0. The summed E-state index contributed by atoms with van der Waals surface area (Å²) in [6.07, 6.45) is 0. The van der Waals surface area contributed by atoms with E-state index in [1.807, 2.05) is 44.2 Å². The lowest BCUT2D eigenvalue weighted by atomic mass is 10.2. The fourth-order valence-electron chi connectivity index (χ4n) is 0.960. The lowest BCUT2D eigenvalue weighted by Gasteiger charge is -2.06. The Labute approximate surface area is 95.0 Å². The monoisotopic (exact) mass is 224 g/mol. The molecule has 0 amide bonds. The Bertz CT molecular complexity index is 296. The minimum atomic E-state index is -0.141. The predicted molar refractivity (Wildman–Crippen MR) is 63.0 cm³/mol. The zero-order valence-corrected chi connectivity index (χ0v) is 9.92. The molecule has 2 nitrogen and oxygen atoms in total. The van der Waals surface area contributed by atoms with Gasteiger partial charge in [-0.05, 0) is 18.1 Å². The average molecular weight is 224 g/mol. The van der Waals surface area contributed by atoms with Crippen LogP contribution < -0.4 is 0 Å². The van der Waals surface area contributed by atoms with E-state index in [2.05, 4.69) is 0 Å². The van der Waals surface area contributed by atoms with Crippen molar-refractivity contribution in [3.05, 3.63) is 30.3 Å². The van der Waals surface area contributed by atoms with E-state index in [-0.39, 0.29) is 5.97 Å². The van der Waals surface area contributed by atoms with Crippen molar-refractivity contribution in [1.82, 2.24) is 0 Å². The molecule has 0 saturated heterocycles. The molecule has 0 aliphatic carbocycles. The Morgan fingerprint density at radius 1 is 1.33 bits per heavy atom. The van der Waals surface area contributed by atoms with Gasteiger partial charge in [-0.25, -0.2) is 0 Å². The van der Waals surface area contributed by atoms with Crippen LogP contribution in [-0.2, 0) is 9.53 Å². The molecule has 0 unspecified atom stereocenters. The Hall–Kier alpha value is -0.960. The van der Waals surface area contributed by atoms with E-state index in [9.17, 15) is 4.79 Å². The molecular weight excluding hydrogens is 208 g/mol. The molecule has 3 heteroatoms. The van der Waals surface area contributed by atoms with Gasteiger partial charge in [0, 0.05) is 4.90 Å². The van der Waals surface area contributed by atoms with Gasteiger partial charge < -0.3 is 4.74 Å². The van der Waals surface area contributed by atoms with Crippen LogP contribution in [0, 0.1) is 5.92 Å². The average Bonchev–Trinajstić information content (AvgIpc) is 2.25. The largest absolute Gasteiger partial charge is 0.465 e. The molecule has 1 aromatic carbocycles. The van der Waals surface area contributed by atoms with E-state index in [0.717, 1.165) is 4.90 Å². The number of esters is 1. The third-order valence-electron chi connectivity index (χ3n) is 1.68. The Morgan fingerprint density at radius 3 is 2.60 bits per heavy atom. The van der Waals surface area contributed by atoms with Gasteiger partial charge in [-0.15, -0.1) is 11.8 Å². The molecule has 0 bridgehead atoms. The summed E-state index contributed by atoms with van der Waals surface area (Å²) in [5, 5.41) is 0. The second kappa shape index (κ2) is 6.51. The van der Waals surface area contributed by atoms with Crippen molar-refractivity contribution in [2.45, 2.75) is 18.7 Å². The summed E-state index contributed by atoms with van der Waals surface area (Å²) in [5.74, 6) is 0.643. The number of benzene rings is 1. The molecule has 0 aliphatic heterocycles. The summed E-state index contributed by atoms with van der Waals surface area (Å²) >= 11 is 1.51. The van der Waals surface area contributed by atoms with Gasteiger partial charge in [-0.3, -0.25) is 4.79 Å². The predicted octanol–water partition coefficient (Wildman–Crippen LogP) is 2.98. The first-order valence-electron chi connectivity index (χ1n) is 5.02. The van der Waals surface area contributed by atoms with E-state index >= 15 is 0 Å². The first-order valence-corrected chi connectivity index (χ1v) is 6.00. The topological polar surface area (TPSA) is 26.3 Å². The van der Waals surface area contributed by atoms with Crippen LogP contribution in [0.15, 0.2) is 35.2 Å². The maximum atomic E-state index is 11.3. The van der Waals surface area contributed by atoms with Crippen molar-refractivity contribution in [3.8, 4) is 0 Å². The molecule has 0 atom stereocenters. The maximum absolute atomic E-state index is 11.3. The molecular formula is C12H16O2S. The van der Waals surface area contributed by atoms with Crippen molar-refractivity contribution in [2.24, 2.45) is 5.92 Å². The van der Waals surface area contributed by atoms with Crippen LogP contribution in [0.1, 0.15) is 13.8 Å². The van der Waals surface area contributed by atoms with E-state index in [4.69, 9.17) is 4.74 Å². The Balaban J connectivity index is 2.23. The molecule has 1 aromatic rings. The normalized spacial score (nSPS) is 10.3. The van der Waals surface area contributed by atoms with Gasteiger partial charge in [0.25, 0.3) is 0 Å². The van der Waals surface area contributed by atoms with Crippen molar-refractivity contribution in [1.29, 1.82) is 0 Å². The van der Waals surface area contributed by atoms with Crippen LogP contribution in [0.3, 0.4) is 0 Å². The first-order chi connectivity index (χ1) is 7.18. The van der Waals surface area contributed by atoms with E-state index in [1.165, 1.54) is 11.8 Å². The summed E-state index contributed by atoms with van der Waals surface area (Å²) < 4.78 is 5.07. The molecule has 0 N–H and O–H groups in total. The second-order valence-corrected chi connectivity index (χ2v) is 4.73. The highest BCUT2D eigenvalue weighted by Crippen LogP contribution is 2.16. The minimum Gasteiger partial charge on any atom is -0.465 e. The van der Waals surface area contributed by atoms with Gasteiger partial charge in [-0.2, -0.15) is 0 Å². The fourth-order valence-corrected chi connectivity index (χ4v) is 1.68. The van der Waals surface area contributed by atoms with Gasteiger partial charge in [0.2, 0.25) is 0 Å². The molecule has 0 saturated carbocycles. The highest BCUT2D eigenvalue weighted by molar-refractivity contribution is 8.00. The number of rotatable bonds is 5. The molecule has 0 radical (unpaired) electrons. The zero-order valence-electron chi connectivity index (χ0n) is 9.10. The molecule has 82 valence electrons. The standard InChI is InChI=1S/C12H16O2S/c1-10(2)8-14-12(13)9-15-11-6-4-3-5-7-11/h3-7,10H,8-9H2,1-2H3. The molecule has 0 aromatic heterocycles. The Morgan fingerprint density at radius 2 is 2.00 bits per heavy atom. The Kier molecular flexibility index (Phi) is 5.26. The first kappa shape index (κ1) is 12.1. The maximum Gasteiger partial charge on any atom is 0.316 e. The third-order valence-corrected chi connectivity index (χ3v) is 2.66. The lowest BCUT2D eigenvalue weighted by molar-refractivity contribution is -0.141. The van der Waals surface area contributed by atoms with Crippen molar-refractivity contribution < 1.29 is 9.53 Å². The van der Waals surface area contributed by atoms with Crippen molar-refractivity contribution in [3.63, 3.8) is 0 Å². The SMILES string of the molecule is CC(C)COC(=O)CSc1ccccc1. The summed E-state index contributed by atoms with van der Waals surface area (Å²) in [6, 6.07) is 9.85. The number of carbonyl (C=O) groups is 1. The van der Waals surface area contributed by atoms with E-state index in [1.54, 1.807) is 0 Å². The highest BCUT2D eigenvalue weighted by Gasteiger charge is 2.04. The van der Waals surface area contributed by atoms with Crippen LogP contribution in [0.25, 0.3) is 0 Å². The van der Waals surface area contributed by atoms with E-state index < -0.39 is 0 Å². The third kappa shape index (κ3) is 5.47. The van der Waals surface area contributed by atoms with Crippen LogP contribution >= 0.6 is 11.8 Å². The molecule has 15 heavy (non-hydrogen) atoms.